The number of rotatable bonds is 4. The van der Waals surface area contributed by atoms with Gasteiger partial charge in [0.1, 0.15) is 5.82 Å². The number of nitrogens with zero attached hydrogens (tertiary/aromatic N) is 2. The number of fused-ring (bicyclic) bond motifs is 3. The first-order chi connectivity index (χ1) is 20.3. The second kappa shape index (κ2) is 9.62. The van der Waals surface area contributed by atoms with Crippen molar-refractivity contribution in [1.82, 2.24) is 9.55 Å². The van der Waals surface area contributed by atoms with Crippen LogP contribution in [0.1, 0.15) is 0 Å². The topological polar surface area (TPSA) is 17.8 Å². The van der Waals surface area contributed by atoms with Crippen LogP contribution in [0, 0.1) is 0 Å². The fourth-order valence-electron chi connectivity index (χ4n) is 6.03. The summed E-state index contributed by atoms with van der Waals surface area (Å²) in [5, 5.41) is 5.01. The van der Waals surface area contributed by atoms with Gasteiger partial charge >= 0.3 is 0 Å². The fourth-order valence-corrected chi connectivity index (χ4v) is 6.03. The molecule has 0 radical (unpaired) electrons. The quantitative estimate of drug-likeness (QED) is 0.225. The Bertz CT molecular complexity index is 2180. The summed E-state index contributed by atoms with van der Waals surface area (Å²) < 4.78 is 2.28. The minimum absolute atomic E-state index is 0.939. The molecule has 0 amide bonds. The van der Waals surface area contributed by atoms with Crippen LogP contribution in [0.2, 0.25) is 0 Å². The molecule has 2 heteroatoms. The van der Waals surface area contributed by atoms with Gasteiger partial charge in [0.05, 0.1) is 11.0 Å². The van der Waals surface area contributed by atoms with Gasteiger partial charge in [-0.2, -0.15) is 0 Å². The molecule has 0 fully saturated rings. The van der Waals surface area contributed by atoms with E-state index >= 15 is 0 Å². The zero-order chi connectivity index (χ0) is 27.2. The molecule has 0 aliphatic carbocycles. The Morgan fingerprint density at radius 3 is 1.66 bits per heavy atom. The van der Waals surface area contributed by atoms with Crippen molar-refractivity contribution in [2.75, 3.05) is 0 Å². The van der Waals surface area contributed by atoms with E-state index in [4.69, 9.17) is 4.98 Å². The molecule has 0 aliphatic heterocycles. The summed E-state index contributed by atoms with van der Waals surface area (Å²) in [7, 11) is 0. The van der Waals surface area contributed by atoms with Gasteiger partial charge in [-0.25, -0.2) is 4.98 Å². The lowest BCUT2D eigenvalue weighted by Gasteiger charge is -2.12. The zero-order valence-corrected chi connectivity index (χ0v) is 22.4. The van der Waals surface area contributed by atoms with E-state index in [1.54, 1.807) is 0 Å². The van der Waals surface area contributed by atoms with Crippen LogP contribution in [0.5, 0.6) is 0 Å². The first kappa shape index (κ1) is 23.4. The van der Waals surface area contributed by atoms with Gasteiger partial charge in [0, 0.05) is 11.3 Å². The van der Waals surface area contributed by atoms with E-state index in [9.17, 15) is 0 Å². The Morgan fingerprint density at radius 1 is 0.415 bits per heavy atom. The number of aromatic nitrogens is 2. The molecule has 8 rings (SSSR count). The monoisotopic (exact) mass is 522 g/mol. The minimum Gasteiger partial charge on any atom is -0.292 e. The van der Waals surface area contributed by atoms with Crippen molar-refractivity contribution < 1.29 is 0 Å². The molecule has 0 bridgehead atoms. The number of hydrogen-bond donors (Lipinski definition) is 0. The summed E-state index contributed by atoms with van der Waals surface area (Å²) in [5.74, 6) is 0.939. The molecule has 0 N–H and O–H groups in total. The summed E-state index contributed by atoms with van der Waals surface area (Å²) in [4.78, 5) is 5.21. The molecule has 192 valence electrons. The van der Waals surface area contributed by atoms with Gasteiger partial charge in [0.2, 0.25) is 0 Å². The molecular weight excluding hydrogens is 496 g/mol. The Hall–Kier alpha value is -5.47. The van der Waals surface area contributed by atoms with Crippen LogP contribution < -0.4 is 0 Å². The second-order valence-electron chi connectivity index (χ2n) is 10.4. The summed E-state index contributed by atoms with van der Waals surface area (Å²) in [6.07, 6.45) is 0. The number of hydrogen-bond acceptors (Lipinski definition) is 1. The molecule has 7 aromatic carbocycles. The lowest BCUT2D eigenvalue weighted by molar-refractivity contribution is 1.10. The second-order valence-corrected chi connectivity index (χ2v) is 10.4. The van der Waals surface area contributed by atoms with E-state index < -0.39 is 0 Å². The first-order valence-corrected chi connectivity index (χ1v) is 14.0. The van der Waals surface area contributed by atoms with E-state index in [1.807, 2.05) is 6.07 Å². The molecule has 0 atom stereocenters. The maximum absolute atomic E-state index is 5.21. The summed E-state index contributed by atoms with van der Waals surface area (Å²) in [6, 6.07) is 56.1. The van der Waals surface area contributed by atoms with E-state index in [1.165, 1.54) is 43.8 Å². The van der Waals surface area contributed by atoms with Crippen molar-refractivity contribution >= 4 is 32.6 Å². The largest absolute Gasteiger partial charge is 0.292 e. The van der Waals surface area contributed by atoms with Crippen molar-refractivity contribution in [3.63, 3.8) is 0 Å². The van der Waals surface area contributed by atoms with Gasteiger partial charge in [-0.3, -0.25) is 4.57 Å². The summed E-state index contributed by atoms with van der Waals surface area (Å²) in [6.45, 7) is 0. The summed E-state index contributed by atoms with van der Waals surface area (Å²) >= 11 is 0. The third kappa shape index (κ3) is 4.00. The van der Waals surface area contributed by atoms with Crippen LogP contribution in [0.4, 0.5) is 0 Å². The van der Waals surface area contributed by atoms with Crippen LogP contribution in [0.25, 0.3) is 71.9 Å². The molecule has 0 unspecified atom stereocenters. The third-order valence-electron chi connectivity index (χ3n) is 8.01. The average Bonchev–Trinajstić information content (AvgIpc) is 3.44. The number of benzene rings is 7. The summed E-state index contributed by atoms with van der Waals surface area (Å²) in [5.41, 5.74) is 9.09. The van der Waals surface area contributed by atoms with Gasteiger partial charge in [-0.05, 0) is 68.1 Å². The highest BCUT2D eigenvalue weighted by molar-refractivity contribution is 5.99. The Morgan fingerprint density at radius 2 is 0.976 bits per heavy atom. The maximum atomic E-state index is 5.21. The average molecular weight is 523 g/mol. The molecule has 1 heterocycles. The highest BCUT2D eigenvalue weighted by Crippen LogP contribution is 2.35. The maximum Gasteiger partial charge on any atom is 0.145 e. The number of imidazole rings is 1. The van der Waals surface area contributed by atoms with Crippen LogP contribution in [-0.2, 0) is 0 Å². The van der Waals surface area contributed by atoms with Crippen molar-refractivity contribution in [1.29, 1.82) is 0 Å². The third-order valence-corrected chi connectivity index (χ3v) is 8.01. The highest BCUT2D eigenvalue weighted by Gasteiger charge is 2.16. The highest BCUT2D eigenvalue weighted by atomic mass is 15.1. The van der Waals surface area contributed by atoms with E-state index in [0.29, 0.717) is 0 Å². The SMILES string of the molecule is c1ccc(-c2nc3cc(-c4cccc5ccccc45)ccc3n2-c2ccc(-c3cccc4ccccc34)cc2)cc1. The molecule has 2 nitrogen and oxygen atoms in total. The lowest BCUT2D eigenvalue weighted by atomic mass is 9.98. The molecule has 0 saturated carbocycles. The normalized spacial score (nSPS) is 11.4. The fraction of sp³-hybridized carbons (Fsp3) is 0. The van der Waals surface area contributed by atoms with Crippen molar-refractivity contribution in [2.45, 2.75) is 0 Å². The van der Waals surface area contributed by atoms with Crippen LogP contribution >= 0.6 is 0 Å². The van der Waals surface area contributed by atoms with Gasteiger partial charge < -0.3 is 0 Å². The molecule has 8 aromatic rings. The predicted octanol–water partition coefficient (Wildman–Crippen LogP) is 10.3. The van der Waals surface area contributed by atoms with Crippen molar-refractivity contribution in [2.24, 2.45) is 0 Å². The molecular formula is C39H26N2. The van der Waals surface area contributed by atoms with Gasteiger partial charge in [0.15, 0.2) is 0 Å². The van der Waals surface area contributed by atoms with E-state index in [-0.39, 0.29) is 0 Å². The Kier molecular flexibility index (Phi) is 5.49. The van der Waals surface area contributed by atoms with Gasteiger partial charge in [0.25, 0.3) is 0 Å². The van der Waals surface area contributed by atoms with Crippen LogP contribution in [0.15, 0.2) is 158 Å². The molecule has 0 aliphatic rings. The smallest absolute Gasteiger partial charge is 0.145 e. The predicted molar refractivity (Wildman–Crippen MR) is 172 cm³/mol. The lowest BCUT2D eigenvalue weighted by Crippen LogP contribution is -1.97. The molecule has 0 saturated heterocycles. The van der Waals surface area contributed by atoms with E-state index in [2.05, 4.69) is 156 Å². The minimum atomic E-state index is 0.939. The van der Waals surface area contributed by atoms with Crippen LogP contribution in [-0.4, -0.2) is 9.55 Å². The van der Waals surface area contributed by atoms with Crippen molar-refractivity contribution in [3.8, 4) is 39.3 Å². The zero-order valence-electron chi connectivity index (χ0n) is 22.4. The molecule has 41 heavy (non-hydrogen) atoms. The molecule has 0 spiro atoms. The molecule has 1 aromatic heterocycles. The standard InChI is InChI=1S/C39H26N2/c1-2-12-30(13-3-1)39-40-37-26-31(36-19-9-15-28-11-5-7-17-34(28)36)22-25-38(37)41(39)32-23-20-29(21-24-32)35-18-8-14-27-10-4-6-16-33(27)35/h1-26H. The first-order valence-electron chi connectivity index (χ1n) is 14.0. The van der Waals surface area contributed by atoms with Crippen LogP contribution in [0.3, 0.4) is 0 Å². The van der Waals surface area contributed by atoms with Gasteiger partial charge in [-0.15, -0.1) is 0 Å². The van der Waals surface area contributed by atoms with Gasteiger partial charge in [-0.1, -0.05) is 133 Å². The Balaban J connectivity index is 1.29. The van der Waals surface area contributed by atoms with E-state index in [0.717, 1.165) is 28.1 Å². The Labute approximate surface area is 238 Å². The van der Waals surface area contributed by atoms with Crippen molar-refractivity contribution in [3.05, 3.63) is 158 Å².